The highest BCUT2D eigenvalue weighted by molar-refractivity contribution is 5.48. The number of rotatable bonds is 5. The van der Waals surface area contributed by atoms with Gasteiger partial charge in [-0.25, -0.2) is 0 Å². The quantitative estimate of drug-likeness (QED) is 0.917. The smallest absolute Gasteiger partial charge is 0.127 e. The molecule has 2 rings (SSSR count). The fraction of sp³-hybridized carbons (Fsp3) is 0.412. The van der Waals surface area contributed by atoms with Crippen molar-refractivity contribution in [3.8, 4) is 5.75 Å². The largest absolute Gasteiger partial charge is 0.496 e. The van der Waals surface area contributed by atoms with E-state index < -0.39 is 0 Å². The molecule has 0 saturated carbocycles. The van der Waals surface area contributed by atoms with E-state index in [2.05, 4.69) is 48.2 Å². The summed E-state index contributed by atoms with van der Waals surface area (Å²) in [6.45, 7) is 9.05. The number of ether oxygens (including phenoxy) is 1. The van der Waals surface area contributed by atoms with Crippen LogP contribution in [0.4, 0.5) is 0 Å². The van der Waals surface area contributed by atoms with Crippen LogP contribution < -0.4 is 10.1 Å². The molecule has 4 heteroatoms. The molecule has 0 fully saturated rings. The summed E-state index contributed by atoms with van der Waals surface area (Å²) in [5, 5.41) is 3.47. The Balaban J connectivity index is 2.52. The van der Waals surface area contributed by atoms with Gasteiger partial charge in [-0.1, -0.05) is 19.1 Å². The monoisotopic (exact) mass is 285 g/mol. The number of nitrogens with one attached hydrogen (secondary N) is 1. The molecule has 0 aliphatic rings. The van der Waals surface area contributed by atoms with Gasteiger partial charge < -0.3 is 10.1 Å². The van der Waals surface area contributed by atoms with Crippen LogP contribution in [0.15, 0.2) is 24.5 Å². The van der Waals surface area contributed by atoms with Crippen LogP contribution in [0.2, 0.25) is 0 Å². The minimum atomic E-state index is -0.0163. The Labute approximate surface area is 126 Å². The Kier molecular flexibility index (Phi) is 4.91. The van der Waals surface area contributed by atoms with Gasteiger partial charge in [0.2, 0.25) is 0 Å². The van der Waals surface area contributed by atoms with Crippen molar-refractivity contribution >= 4 is 0 Å². The lowest BCUT2D eigenvalue weighted by molar-refractivity contribution is 0.400. The predicted octanol–water partition coefficient (Wildman–Crippen LogP) is 3.11. The van der Waals surface area contributed by atoms with Gasteiger partial charge in [0.1, 0.15) is 5.75 Å². The Bertz CT molecular complexity index is 608. The van der Waals surface area contributed by atoms with Crippen molar-refractivity contribution in [1.29, 1.82) is 0 Å². The van der Waals surface area contributed by atoms with Crippen LogP contribution in [0.3, 0.4) is 0 Å². The van der Waals surface area contributed by atoms with Gasteiger partial charge >= 0.3 is 0 Å². The first-order chi connectivity index (χ1) is 10.1. The summed E-state index contributed by atoms with van der Waals surface area (Å²) in [7, 11) is 1.72. The van der Waals surface area contributed by atoms with Crippen molar-refractivity contribution in [3.63, 3.8) is 0 Å². The SMILES string of the molecule is CCNC(c1cnc(C)cn1)c1ccc(C)c(C)c1OC. The number of hydrogen-bond acceptors (Lipinski definition) is 4. The molecular formula is C17H23N3O. The molecule has 1 heterocycles. The van der Waals surface area contributed by atoms with Crippen molar-refractivity contribution in [2.24, 2.45) is 0 Å². The molecule has 0 bridgehead atoms. The van der Waals surface area contributed by atoms with E-state index in [1.54, 1.807) is 13.3 Å². The summed E-state index contributed by atoms with van der Waals surface area (Å²) < 4.78 is 5.64. The number of hydrogen-bond donors (Lipinski definition) is 1. The zero-order valence-corrected chi connectivity index (χ0v) is 13.4. The average Bonchev–Trinajstić information content (AvgIpc) is 2.49. The van der Waals surface area contributed by atoms with E-state index in [0.29, 0.717) is 0 Å². The summed E-state index contributed by atoms with van der Waals surface area (Å²) in [5.41, 5.74) is 5.31. The molecule has 21 heavy (non-hydrogen) atoms. The molecule has 1 atom stereocenters. The fourth-order valence-electron chi connectivity index (χ4n) is 2.44. The molecule has 1 aromatic carbocycles. The predicted molar refractivity (Wildman–Crippen MR) is 84.8 cm³/mol. The van der Waals surface area contributed by atoms with Gasteiger partial charge in [0, 0.05) is 11.8 Å². The molecule has 1 aromatic heterocycles. The lowest BCUT2D eigenvalue weighted by atomic mass is 9.97. The van der Waals surface area contributed by atoms with Gasteiger partial charge in [-0.3, -0.25) is 9.97 Å². The van der Waals surface area contributed by atoms with E-state index in [4.69, 9.17) is 4.74 Å². The second-order valence-electron chi connectivity index (χ2n) is 5.20. The molecule has 0 aliphatic heterocycles. The van der Waals surface area contributed by atoms with E-state index >= 15 is 0 Å². The van der Waals surface area contributed by atoms with Crippen LogP contribution in [0.25, 0.3) is 0 Å². The maximum absolute atomic E-state index is 5.64. The first kappa shape index (κ1) is 15.4. The molecule has 2 aromatic rings. The Hall–Kier alpha value is -1.94. The first-order valence-corrected chi connectivity index (χ1v) is 7.24. The van der Waals surface area contributed by atoms with Crippen molar-refractivity contribution in [3.05, 3.63) is 52.6 Å². The second-order valence-corrected chi connectivity index (χ2v) is 5.20. The van der Waals surface area contributed by atoms with Gasteiger partial charge in [0.15, 0.2) is 0 Å². The van der Waals surface area contributed by atoms with Crippen LogP contribution in [0.1, 0.15) is 41.0 Å². The molecule has 0 amide bonds. The summed E-state index contributed by atoms with van der Waals surface area (Å²) in [6.07, 6.45) is 3.63. The zero-order valence-electron chi connectivity index (χ0n) is 13.4. The highest BCUT2D eigenvalue weighted by Crippen LogP contribution is 2.33. The van der Waals surface area contributed by atoms with E-state index in [-0.39, 0.29) is 6.04 Å². The third-order valence-electron chi connectivity index (χ3n) is 3.73. The molecule has 1 N–H and O–H groups in total. The van der Waals surface area contributed by atoms with Crippen molar-refractivity contribution in [1.82, 2.24) is 15.3 Å². The molecule has 0 spiro atoms. The molecule has 4 nitrogen and oxygen atoms in total. The highest BCUT2D eigenvalue weighted by Gasteiger charge is 2.20. The third kappa shape index (κ3) is 3.22. The molecular weight excluding hydrogens is 262 g/mol. The lowest BCUT2D eigenvalue weighted by Crippen LogP contribution is -2.24. The van der Waals surface area contributed by atoms with Gasteiger partial charge in [-0.2, -0.15) is 0 Å². The summed E-state index contributed by atoms with van der Waals surface area (Å²) >= 11 is 0. The van der Waals surface area contributed by atoms with Gasteiger partial charge in [-0.15, -0.1) is 0 Å². The lowest BCUT2D eigenvalue weighted by Gasteiger charge is -2.22. The number of aromatic nitrogens is 2. The number of benzene rings is 1. The number of nitrogens with zero attached hydrogens (tertiary/aromatic N) is 2. The Morgan fingerprint density at radius 3 is 2.48 bits per heavy atom. The Morgan fingerprint density at radius 2 is 1.90 bits per heavy atom. The van der Waals surface area contributed by atoms with Crippen LogP contribution in [-0.4, -0.2) is 23.6 Å². The van der Waals surface area contributed by atoms with Crippen molar-refractivity contribution < 1.29 is 4.74 Å². The van der Waals surface area contributed by atoms with Crippen LogP contribution in [0.5, 0.6) is 5.75 Å². The summed E-state index contributed by atoms with van der Waals surface area (Å²) in [6, 6.07) is 4.21. The molecule has 0 aliphatic carbocycles. The second kappa shape index (κ2) is 6.68. The van der Waals surface area contributed by atoms with E-state index in [1.807, 2.05) is 13.1 Å². The van der Waals surface area contributed by atoms with Crippen molar-refractivity contribution in [2.45, 2.75) is 33.7 Å². The minimum absolute atomic E-state index is 0.0163. The fourth-order valence-corrected chi connectivity index (χ4v) is 2.44. The molecule has 112 valence electrons. The van der Waals surface area contributed by atoms with Crippen LogP contribution in [0, 0.1) is 20.8 Å². The minimum Gasteiger partial charge on any atom is -0.496 e. The number of methoxy groups -OCH3 is 1. The third-order valence-corrected chi connectivity index (χ3v) is 3.73. The van der Waals surface area contributed by atoms with Gasteiger partial charge in [0.05, 0.1) is 30.7 Å². The van der Waals surface area contributed by atoms with E-state index in [0.717, 1.165) is 34.8 Å². The van der Waals surface area contributed by atoms with E-state index in [9.17, 15) is 0 Å². The van der Waals surface area contributed by atoms with Gasteiger partial charge in [0.25, 0.3) is 0 Å². The average molecular weight is 285 g/mol. The topological polar surface area (TPSA) is 47.0 Å². The normalized spacial score (nSPS) is 12.2. The summed E-state index contributed by atoms with van der Waals surface area (Å²) in [5.74, 6) is 0.920. The van der Waals surface area contributed by atoms with Crippen LogP contribution >= 0.6 is 0 Å². The van der Waals surface area contributed by atoms with Crippen molar-refractivity contribution in [2.75, 3.05) is 13.7 Å². The Morgan fingerprint density at radius 1 is 1.14 bits per heavy atom. The van der Waals surface area contributed by atoms with Gasteiger partial charge in [-0.05, 0) is 38.4 Å². The van der Waals surface area contributed by atoms with Crippen LogP contribution in [-0.2, 0) is 0 Å². The van der Waals surface area contributed by atoms with E-state index in [1.165, 1.54) is 5.56 Å². The molecule has 1 unspecified atom stereocenters. The summed E-state index contributed by atoms with van der Waals surface area (Å²) in [4.78, 5) is 8.88. The number of aryl methyl sites for hydroxylation is 2. The first-order valence-electron chi connectivity index (χ1n) is 7.24. The molecule has 0 radical (unpaired) electrons. The highest BCUT2D eigenvalue weighted by atomic mass is 16.5. The molecule has 0 saturated heterocycles. The standard InChI is InChI=1S/C17H23N3O/c1-6-18-16(15-10-19-12(3)9-20-15)14-8-7-11(2)13(4)17(14)21-5/h7-10,16,18H,6H2,1-5H3. The maximum atomic E-state index is 5.64. The zero-order chi connectivity index (χ0) is 15.4. The maximum Gasteiger partial charge on any atom is 0.127 e.